The summed E-state index contributed by atoms with van der Waals surface area (Å²) < 4.78 is 41.3. The van der Waals surface area contributed by atoms with Crippen LogP contribution >= 0.6 is 11.6 Å². The van der Waals surface area contributed by atoms with Crippen molar-refractivity contribution < 1.29 is 17.5 Å². The fraction of sp³-hybridized carbons (Fsp3) is 0.143. The SMILES string of the molecule is Cc1ccc(COc2ccc(S(N)(=O)=O)cc2F)c(Cl)c1. The van der Waals surface area contributed by atoms with Crippen LogP contribution in [0.25, 0.3) is 0 Å². The highest BCUT2D eigenvalue weighted by molar-refractivity contribution is 7.89. The molecule has 112 valence electrons. The third kappa shape index (κ3) is 3.93. The summed E-state index contributed by atoms with van der Waals surface area (Å²) in [5.74, 6) is -0.871. The lowest BCUT2D eigenvalue weighted by Gasteiger charge is -2.10. The molecule has 0 saturated carbocycles. The second kappa shape index (κ2) is 6.01. The molecule has 2 aromatic rings. The molecule has 2 aromatic carbocycles. The summed E-state index contributed by atoms with van der Waals surface area (Å²) in [7, 11) is -3.94. The van der Waals surface area contributed by atoms with Crippen LogP contribution in [0.2, 0.25) is 5.02 Å². The summed E-state index contributed by atoms with van der Waals surface area (Å²) in [5, 5.41) is 5.45. The molecular weight excluding hydrogens is 317 g/mol. The maximum atomic E-state index is 13.8. The van der Waals surface area contributed by atoms with Crippen molar-refractivity contribution in [1.82, 2.24) is 0 Å². The molecule has 0 unspecified atom stereocenters. The van der Waals surface area contributed by atoms with Gasteiger partial charge in [-0.25, -0.2) is 17.9 Å². The average Bonchev–Trinajstić information content (AvgIpc) is 2.38. The second-order valence-corrected chi connectivity index (χ2v) is 6.49. The van der Waals surface area contributed by atoms with Crippen molar-refractivity contribution in [1.29, 1.82) is 0 Å². The summed E-state index contributed by atoms with van der Waals surface area (Å²) in [6.07, 6.45) is 0. The first kappa shape index (κ1) is 15.8. The number of primary sulfonamides is 1. The van der Waals surface area contributed by atoms with E-state index in [9.17, 15) is 12.8 Å². The standard InChI is InChI=1S/C14H13ClFNO3S/c1-9-2-3-10(12(15)6-9)8-20-14-5-4-11(7-13(14)16)21(17,18)19/h2-7H,8H2,1H3,(H2,17,18,19). The van der Waals surface area contributed by atoms with Gasteiger partial charge in [0.1, 0.15) is 6.61 Å². The first-order valence-corrected chi connectivity index (χ1v) is 7.90. The molecule has 0 bridgehead atoms. The van der Waals surface area contributed by atoms with Crippen molar-refractivity contribution in [2.45, 2.75) is 18.4 Å². The zero-order valence-corrected chi connectivity index (χ0v) is 12.7. The fourth-order valence-electron chi connectivity index (χ4n) is 1.70. The number of benzene rings is 2. The van der Waals surface area contributed by atoms with Gasteiger partial charge < -0.3 is 4.74 Å². The Morgan fingerprint density at radius 3 is 2.52 bits per heavy atom. The van der Waals surface area contributed by atoms with Crippen LogP contribution in [-0.4, -0.2) is 8.42 Å². The van der Waals surface area contributed by atoms with Gasteiger partial charge in [-0.2, -0.15) is 0 Å². The molecule has 0 radical (unpaired) electrons. The van der Waals surface area contributed by atoms with E-state index in [2.05, 4.69) is 0 Å². The van der Waals surface area contributed by atoms with Gasteiger partial charge in [0.2, 0.25) is 10.0 Å². The lowest BCUT2D eigenvalue weighted by Crippen LogP contribution is -2.12. The van der Waals surface area contributed by atoms with Crippen LogP contribution in [0.4, 0.5) is 4.39 Å². The van der Waals surface area contributed by atoms with E-state index in [1.54, 1.807) is 12.1 Å². The summed E-state index contributed by atoms with van der Waals surface area (Å²) >= 11 is 6.05. The van der Waals surface area contributed by atoms with Gasteiger partial charge in [0.05, 0.1) is 4.90 Å². The normalized spacial score (nSPS) is 11.4. The molecule has 0 aromatic heterocycles. The summed E-state index contributed by atoms with van der Waals surface area (Å²) in [5.41, 5.74) is 1.71. The Hall–Kier alpha value is -1.63. The van der Waals surface area contributed by atoms with E-state index in [-0.39, 0.29) is 17.3 Å². The molecule has 7 heteroatoms. The lowest BCUT2D eigenvalue weighted by molar-refractivity contribution is 0.290. The Kier molecular flexibility index (Phi) is 4.51. The van der Waals surface area contributed by atoms with E-state index in [4.69, 9.17) is 21.5 Å². The third-order valence-electron chi connectivity index (χ3n) is 2.82. The van der Waals surface area contributed by atoms with Crippen LogP contribution in [0, 0.1) is 12.7 Å². The van der Waals surface area contributed by atoms with Crippen LogP contribution in [0.1, 0.15) is 11.1 Å². The molecule has 0 aliphatic rings. The summed E-state index contributed by atoms with van der Waals surface area (Å²) in [6.45, 7) is 1.98. The van der Waals surface area contributed by atoms with Gasteiger partial charge in [-0.15, -0.1) is 0 Å². The van der Waals surface area contributed by atoms with Crippen LogP contribution in [-0.2, 0) is 16.6 Å². The highest BCUT2D eigenvalue weighted by Crippen LogP contribution is 2.23. The number of hydrogen-bond donors (Lipinski definition) is 1. The van der Waals surface area contributed by atoms with Gasteiger partial charge in [-0.1, -0.05) is 23.7 Å². The number of hydrogen-bond acceptors (Lipinski definition) is 3. The van der Waals surface area contributed by atoms with E-state index in [1.807, 2.05) is 13.0 Å². The Morgan fingerprint density at radius 2 is 1.95 bits per heavy atom. The van der Waals surface area contributed by atoms with E-state index < -0.39 is 15.8 Å². The molecule has 0 amide bonds. The number of sulfonamides is 1. The first-order chi connectivity index (χ1) is 9.77. The van der Waals surface area contributed by atoms with Crippen LogP contribution in [0.15, 0.2) is 41.3 Å². The predicted octanol–water partition coefficient (Wildman–Crippen LogP) is 3.01. The maximum Gasteiger partial charge on any atom is 0.238 e. The van der Waals surface area contributed by atoms with Gasteiger partial charge in [0.15, 0.2) is 11.6 Å². The zero-order valence-electron chi connectivity index (χ0n) is 11.1. The fourth-order valence-corrected chi connectivity index (χ4v) is 2.52. The van der Waals surface area contributed by atoms with Gasteiger partial charge in [-0.05, 0) is 36.8 Å². The largest absolute Gasteiger partial charge is 0.486 e. The third-order valence-corrected chi connectivity index (χ3v) is 4.09. The maximum absolute atomic E-state index is 13.8. The minimum Gasteiger partial charge on any atom is -0.486 e. The molecule has 2 N–H and O–H groups in total. The van der Waals surface area contributed by atoms with E-state index in [0.717, 1.165) is 11.6 Å². The van der Waals surface area contributed by atoms with Gasteiger partial charge in [-0.3, -0.25) is 0 Å². The summed E-state index contributed by atoms with van der Waals surface area (Å²) in [6, 6.07) is 8.66. The molecule has 0 aliphatic heterocycles. The van der Waals surface area contributed by atoms with Crippen molar-refractivity contribution in [3.05, 3.63) is 58.4 Å². The molecule has 4 nitrogen and oxygen atoms in total. The molecular formula is C14H13ClFNO3S. The smallest absolute Gasteiger partial charge is 0.238 e. The van der Waals surface area contributed by atoms with Crippen LogP contribution in [0.3, 0.4) is 0 Å². The van der Waals surface area contributed by atoms with Crippen molar-refractivity contribution in [3.63, 3.8) is 0 Å². The first-order valence-electron chi connectivity index (χ1n) is 5.97. The molecule has 0 spiro atoms. The quantitative estimate of drug-likeness (QED) is 0.937. The molecule has 2 rings (SSSR count). The number of rotatable bonds is 4. The predicted molar refractivity (Wildman–Crippen MR) is 78.3 cm³/mol. The van der Waals surface area contributed by atoms with Crippen LogP contribution < -0.4 is 9.88 Å². The van der Waals surface area contributed by atoms with Crippen molar-refractivity contribution in [3.8, 4) is 5.75 Å². The van der Waals surface area contributed by atoms with E-state index in [1.165, 1.54) is 12.1 Å². The second-order valence-electron chi connectivity index (χ2n) is 4.52. The van der Waals surface area contributed by atoms with Gasteiger partial charge >= 0.3 is 0 Å². The van der Waals surface area contributed by atoms with E-state index >= 15 is 0 Å². The Morgan fingerprint density at radius 1 is 1.24 bits per heavy atom. The number of halogens is 2. The Bertz CT molecular complexity index is 778. The molecule has 0 atom stereocenters. The monoisotopic (exact) mass is 329 g/mol. The molecule has 21 heavy (non-hydrogen) atoms. The highest BCUT2D eigenvalue weighted by atomic mass is 35.5. The van der Waals surface area contributed by atoms with Gasteiger partial charge in [0.25, 0.3) is 0 Å². The Labute approximate surface area is 127 Å². The number of ether oxygens (including phenoxy) is 1. The van der Waals surface area contributed by atoms with Crippen LogP contribution in [0.5, 0.6) is 5.75 Å². The van der Waals surface area contributed by atoms with Crippen molar-refractivity contribution in [2.75, 3.05) is 0 Å². The zero-order chi connectivity index (χ0) is 15.6. The van der Waals surface area contributed by atoms with Gasteiger partial charge in [0, 0.05) is 10.6 Å². The number of nitrogens with two attached hydrogens (primary N) is 1. The molecule has 0 aliphatic carbocycles. The topological polar surface area (TPSA) is 69.4 Å². The lowest BCUT2D eigenvalue weighted by atomic mass is 10.1. The van der Waals surface area contributed by atoms with Crippen molar-refractivity contribution in [2.24, 2.45) is 5.14 Å². The molecule has 0 heterocycles. The average molecular weight is 330 g/mol. The highest BCUT2D eigenvalue weighted by Gasteiger charge is 2.12. The minimum absolute atomic E-state index is 0.0703. The molecule has 0 saturated heterocycles. The Balaban J connectivity index is 2.17. The minimum atomic E-state index is -3.94. The van der Waals surface area contributed by atoms with Crippen molar-refractivity contribution >= 4 is 21.6 Å². The summed E-state index contributed by atoms with van der Waals surface area (Å²) in [4.78, 5) is -0.305. The number of aryl methyl sites for hydroxylation is 1. The molecule has 0 fully saturated rings. The van der Waals surface area contributed by atoms with E-state index in [0.29, 0.717) is 10.6 Å².